The van der Waals surface area contributed by atoms with Crippen molar-refractivity contribution in [2.45, 2.75) is 44.6 Å². The predicted molar refractivity (Wildman–Crippen MR) is 130 cm³/mol. The second-order valence-electron chi connectivity index (χ2n) is 8.21. The average molecular weight is 450 g/mol. The molecule has 1 aliphatic heterocycles. The number of nitriles is 1. The Bertz CT molecular complexity index is 1140. The molecular weight excluding hydrogens is 422 g/mol. The number of hydrogen-bond acceptors (Lipinski definition) is 8. The lowest BCUT2D eigenvalue weighted by Gasteiger charge is -2.27. The summed E-state index contributed by atoms with van der Waals surface area (Å²) >= 11 is 1.86. The minimum atomic E-state index is 0.373. The summed E-state index contributed by atoms with van der Waals surface area (Å²) in [6, 6.07) is 8.78. The monoisotopic (exact) mass is 449 g/mol. The molecule has 2 fully saturated rings. The number of ether oxygens (including phenoxy) is 1. The van der Waals surface area contributed by atoms with Crippen LogP contribution >= 0.6 is 11.9 Å². The number of fused-ring (bicyclic) bond motifs is 1. The Balaban J connectivity index is 1.46. The van der Waals surface area contributed by atoms with Crippen molar-refractivity contribution in [1.29, 1.82) is 5.26 Å². The molecule has 1 aliphatic carbocycles. The molecule has 32 heavy (non-hydrogen) atoms. The summed E-state index contributed by atoms with van der Waals surface area (Å²) in [5, 5.41) is 17.1. The van der Waals surface area contributed by atoms with Gasteiger partial charge in [0.1, 0.15) is 23.3 Å². The number of hydrogen-bond donors (Lipinski definition) is 3. The van der Waals surface area contributed by atoms with E-state index in [-0.39, 0.29) is 0 Å². The van der Waals surface area contributed by atoms with E-state index in [1.165, 1.54) is 25.7 Å². The number of aromatic nitrogens is 3. The fraction of sp³-hybridized carbons (Fsp3) is 0.435. The summed E-state index contributed by atoms with van der Waals surface area (Å²) in [4.78, 5) is 12.5. The summed E-state index contributed by atoms with van der Waals surface area (Å²) in [6.07, 6.45) is 8.83. The van der Waals surface area contributed by atoms with Crippen LogP contribution in [0.25, 0.3) is 11.0 Å². The van der Waals surface area contributed by atoms with Gasteiger partial charge in [-0.2, -0.15) is 15.2 Å². The number of anilines is 4. The number of benzene rings is 1. The third-order valence-electron chi connectivity index (χ3n) is 6.07. The van der Waals surface area contributed by atoms with Crippen molar-refractivity contribution in [1.82, 2.24) is 15.0 Å². The van der Waals surface area contributed by atoms with Crippen molar-refractivity contribution in [2.24, 2.45) is 0 Å². The lowest BCUT2D eigenvalue weighted by molar-refractivity contribution is 0.417. The van der Waals surface area contributed by atoms with Crippen LogP contribution in [0.2, 0.25) is 0 Å². The highest BCUT2D eigenvalue weighted by molar-refractivity contribution is 8.00. The SMILES string of the molecule is COc1cc(N2CCCCS2)ccc1Nc1nc(NC2CCCC2)c2c(C#N)c[nH]c2n1. The van der Waals surface area contributed by atoms with E-state index in [0.717, 1.165) is 47.6 Å². The number of nitrogens with one attached hydrogen (secondary N) is 3. The molecule has 8 nitrogen and oxygen atoms in total. The Morgan fingerprint density at radius 2 is 2.09 bits per heavy atom. The Labute approximate surface area is 191 Å². The van der Waals surface area contributed by atoms with Crippen LogP contribution < -0.4 is 19.7 Å². The van der Waals surface area contributed by atoms with Gasteiger partial charge in [-0.1, -0.05) is 12.8 Å². The molecule has 9 heteroatoms. The van der Waals surface area contributed by atoms with Crippen molar-refractivity contribution in [2.75, 3.05) is 34.3 Å². The van der Waals surface area contributed by atoms with Crippen LogP contribution in [0.4, 0.5) is 23.1 Å². The van der Waals surface area contributed by atoms with Crippen molar-refractivity contribution in [3.8, 4) is 11.8 Å². The zero-order valence-electron chi connectivity index (χ0n) is 18.1. The molecule has 1 saturated heterocycles. The van der Waals surface area contributed by atoms with E-state index in [4.69, 9.17) is 9.72 Å². The number of nitrogens with zero attached hydrogens (tertiary/aromatic N) is 4. The molecule has 0 unspecified atom stereocenters. The van der Waals surface area contributed by atoms with Crippen LogP contribution in [0.15, 0.2) is 24.4 Å². The zero-order chi connectivity index (χ0) is 21.9. The fourth-order valence-electron chi connectivity index (χ4n) is 4.40. The van der Waals surface area contributed by atoms with Gasteiger partial charge in [0.25, 0.3) is 0 Å². The maximum Gasteiger partial charge on any atom is 0.231 e. The van der Waals surface area contributed by atoms with E-state index >= 15 is 0 Å². The van der Waals surface area contributed by atoms with Gasteiger partial charge in [0.15, 0.2) is 0 Å². The highest BCUT2D eigenvalue weighted by atomic mass is 32.2. The second kappa shape index (κ2) is 9.17. The summed E-state index contributed by atoms with van der Waals surface area (Å²) in [7, 11) is 1.68. The first-order valence-electron chi connectivity index (χ1n) is 11.2. The van der Waals surface area contributed by atoms with Crippen LogP contribution in [-0.2, 0) is 0 Å². The van der Waals surface area contributed by atoms with Crippen LogP contribution in [0, 0.1) is 11.3 Å². The van der Waals surface area contributed by atoms with Gasteiger partial charge in [-0.15, -0.1) is 0 Å². The average Bonchev–Trinajstić information content (AvgIpc) is 3.49. The van der Waals surface area contributed by atoms with E-state index in [9.17, 15) is 5.26 Å². The van der Waals surface area contributed by atoms with Gasteiger partial charge in [-0.3, -0.25) is 0 Å². The van der Waals surface area contributed by atoms with Crippen LogP contribution in [0.5, 0.6) is 5.75 Å². The maximum absolute atomic E-state index is 9.52. The molecule has 1 aromatic carbocycles. The standard InChI is InChI=1S/C23H27N7OS/c1-31-19-12-17(30-10-4-5-11-32-30)8-9-18(19)27-23-28-21-20(15(13-24)14-25-21)22(29-23)26-16-6-2-3-7-16/h8-9,12,14,16H,2-7,10-11H2,1H3,(H3,25,26,27,28,29). The van der Waals surface area contributed by atoms with Crippen molar-refractivity contribution in [3.63, 3.8) is 0 Å². The molecule has 0 amide bonds. The zero-order valence-corrected chi connectivity index (χ0v) is 19.0. The number of aromatic amines is 1. The number of rotatable bonds is 6. The maximum atomic E-state index is 9.52. The van der Waals surface area contributed by atoms with Crippen molar-refractivity contribution < 1.29 is 4.74 Å². The smallest absolute Gasteiger partial charge is 0.231 e. The van der Waals surface area contributed by atoms with E-state index in [1.807, 2.05) is 18.0 Å². The summed E-state index contributed by atoms with van der Waals surface area (Å²) in [5.41, 5.74) is 3.13. The van der Waals surface area contributed by atoms with E-state index in [1.54, 1.807) is 13.3 Å². The molecule has 0 spiro atoms. The van der Waals surface area contributed by atoms with Crippen LogP contribution in [-0.4, -0.2) is 40.4 Å². The van der Waals surface area contributed by atoms with Gasteiger partial charge >= 0.3 is 0 Å². The van der Waals surface area contributed by atoms with Crippen molar-refractivity contribution >= 4 is 46.1 Å². The molecule has 5 rings (SSSR count). The molecule has 2 aliphatic rings. The molecule has 0 atom stereocenters. The van der Waals surface area contributed by atoms with E-state index in [0.29, 0.717) is 29.0 Å². The molecule has 1 saturated carbocycles. The van der Waals surface area contributed by atoms with Gasteiger partial charge in [0.2, 0.25) is 5.95 Å². The van der Waals surface area contributed by atoms with Crippen molar-refractivity contribution in [3.05, 3.63) is 30.0 Å². The lowest BCUT2D eigenvalue weighted by atomic mass is 10.2. The summed E-state index contributed by atoms with van der Waals surface area (Å²) in [5.74, 6) is 3.05. The van der Waals surface area contributed by atoms with E-state index in [2.05, 4.69) is 43.1 Å². The first-order chi connectivity index (χ1) is 15.7. The van der Waals surface area contributed by atoms with E-state index < -0.39 is 0 Å². The molecule has 0 bridgehead atoms. The highest BCUT2D eigenvalue weighted by Crippen LogP contribution is 2.36. The predicted octanol–water partition coefficient (Wildman–Crippen LogP) is 5.18. The molecule has 3 heterocycles. The molecular formula is C23H27N7OS. The normalized spacial score (nSPS) is 16.8. The Morgan fingerprint density at radius 1 is 1.22 bits per heavy atom. The molecule has 2 aromatic heterocycles. The Hall–Kier alpha value is -3.12. The molecule has 3 aromatic rings. The number of methoxy groups -OCH3 is 1. The Morgan fingerprint density at radius 3 is 2.84 bits per heavy atom. The molecule has 0 radical (unpaired) electrons. The summed E-state index contributed by atoms with van der Waals surface area (Å²) in [6.45, 7) is 1.05. The lowest BCUT2D eigenvalue weighted by Crippen LogP contribution is -2.21. The van der Waals surface area contributed by atoms with Crippen LogP contribution in [0.3, 0.4) is 0 Å². The van der Waals surface area contributed by atoms with Gasteiger partial charge < -0.3 is 24.7 Å². The number of H-pyrrole nitrogens is 1. The topological polar surface area (TPSA) is 102 Å². The third kappa shape index (κ3) is 4.15. The fourth-order valence-corrected chi connectivity index (χ4v) is 5.48. The minimum absolute atomic E-state index is 0.373. The molecule has 166 valence electrons. The highest BCUT2D eigenvalue weighted by Gasteiger charge is 2.21. The largest absolute Gasteiger partial charge is 0.494 e. The quantitative estimate of drug-likeness (QED) is 0.442. The van der Waals surface area contributed by atoms with Gasteiger partial charge in [-0.25, -0.2) is 0 Å². The molecule has 3 N–H and O–H groups in total. The second-order valence-corrected chi connectivity index (χ2v) is 9.32. The van der Waals surface area contributed by atoms with Gasteiger partial charge in [0, 0.05) is 30.6 Å². The third-order valence-corrected chi connectivity index (χ3v) is 7.25. The minimum Gasteiger partial charge on any atom is -0.494 e. The van der Waals surface area contributed by atoms with Gasteiger partial charge in [-0.05, 0) is 49.8 Å². The first kappa shape index (κ1) is 20.8. The summed E-state index contributed by atoms with van der Waals surface area (Å²) < 4.78 is 8.00. The van der Waals surface area contributed by atoms with Crippen LogP contribution in [0.1, 0.15) is 44.1 Å². The Kier molecular flexibility index (Phi) is 5.95. The van der Waals surface area contributed by atoms with Gasteiger partial charge in [0.05, 0.1) is 29.4 Å². The first-order valence-corrected chi connectivity index (χ1v) is 12.1.